The minimum absolute atomic E-state index is 0.244. The van der Waals surface area contributed by atoms with Gasteiger partial charge in [0, 0.05) is 5.69 Å². The largest absolute Gasteiger partial charge is 0.482 e. The first-order valence-corrected chi connectivity index (χ1v) is 8.65. The molecule has 1 N–H and O–H groups in total. The summed E-state index contributed by atoms with van der Waals surface area (Å²) in [4.78, 5) is 24.1. The first-order valence-electron chi connectivity index (χ1n) is 8.65. The maximum absolute atomic E-state index is 12.1. The zero-order chi connectivity index (χ0) is 19.1. The van der Waals surface area contributed by atoms with E-state index >= 15 is 0 Å². The number of carbonyl (C=O) groups excluding carboxylic acids is 2. The molecule has 0 aliphatic heterocycles. The van der Waals surface area contributed by atoms with Gasteiger partial charge < -0.3 is 14.8 Å². The highest BCUT2D eigenvalue weighted by atomic mass is 16.6. The number of carbonyl (C=O) groups is 2. The number of aryl methyl sites for hydroxylation is 1. The molecule has 0 saturated carbocycles. The van der Waals surface area contributed by atoms with Crippen molar-refractivity contribution in [3.05, 3.63) is 59.7 Å². The van der Waals surface area contributed by atoms with Crippen molar-refractivity contribution in [1.29, 1.82) is 0 Å². The maximum Gasteiger partial charge on any atom is 0.344 e. The Bertz CT molecular complexity index is 753. The van der Waals surface area contributed by atoms with E-state index in [9.17, 15) is 9.59 Å². The average molecular weight is 355 g/mol. The van der Waals surface area contributed by atoms with E-state index in [1.165, 1.54) is 6.92 Å². The molecule has 0 spiro atoms. The van der Waals surface area contributed by atoms with Crippen LogP contribution in [0.1, 0.15) is 37.8 Å². The second-order valence-corrected chi connectivity index (χ2v) is 6.47. The van der Waals surface area contributed by atoms with E-state index in [4.69, 9.17) is 9.47 Å². The summed E-state index contributed by atoms with van der Waals surface area (Å²) in [7, 11) is 0. The molecule has 0 saturated heterocycles. The van der Waals surface area contributed by atoms with E-state index in [1.54, 1.807) is 12.1 Å². The molecule has 2 aromatic rings. The van der Waals surface area contributed by atoms with E-state index in [0.29, 0.717) is 11.4 Å². The van der Waals surface area contributed by atoms with Crippen molar-refractivity contribution in [2.24, 2.45) is 0 Å². The van der Waals surface area contributed by atoms with Crippen LogP contribution in [0.3, 0.4) is 0 Å². The Morgan fingerprint density at radius 3 is 2.31 bits per heavy atom. The Morgan fingerprint density at radius 2 is 1.65 bits per heavy atom. The number of ether oxygens (including phenoxy) is 2. The van der Waals surface area contributed by atoms with Crippen molar-refractivity contribution in [1.82, 2.24) is 0 Å². The van der Waals surface area contributed by atoms with Gasteiger partial charge in [-0.1, -0.05) is 49.7 Å². The van der Waals surface area contributed by atoms with Gasteiger partial charge in [-0.3, -0.25) is 4.79 Å². The average Bonchev–Trinajstić information content (AvgIpc) is 2.62. The lowest BCUT2D eigenvalue weighted by atomic mass is 10.0. The maximum atomic E-state index is 12.1. The number of para-hydroxylation sites is 1. The Labute approximate surface area is 154 Å². The fourth-order valence-electron chi connectivity index (χ4n) is 2.39. The second kappa shape index (κ2) is 9.04. The van der Waals surface area contributed by atoms with Crippen LogP contribution in [0.2, 0.25) is 0 Å². The van der Waals surface area contributed by atoms with Crippen LogP contribution in [0.5, 0.6) is 5.75 Å². The minimum atomic E-state index is -0.909. The lowest BCUT2D eigenvalue weighted by Crippen LogP contribution is -2.31. The SMILES string of the molecule is Cc1ccc(NC(=O)[C@@H](C)OC(=O)COc2ccccc2C(C)C)cc1. The highest BCUT2D eigenvalue weighted by Gasteiger charge is 2.19. The summed E-state index contributed by atoms with van der Waals surface area (Å²) >= 11 is 0. The summed E-state index contributed by atoms with van der Waals surface area (Å²) < 4.78 is 10.7. The number of rotatable bonds is 7. The Hall–Kier alpha value is -2.82. The van der Waals surface area contributed by atoms with E-state index in [0.717, 1.165) is 11.1 Å². The van der Waals surface area contributed by atoms with Crippen LogP contribution >= 0.6 is 0 Å². The lowest BCUT2D eigenvalue weighted by Gasteiger charge is -2.16. The summed E-state index contributed by atoms with van der Waals surface area (Å²) in [6.45, 7) is 7.36. The van der Waals surface area contributed by atoms with Gasteiger partial charge in [-0.05, 0) is 43.5 Å². The highest BCUT2D eigenvalue weighted by Crippen LogP contribution is 2.25. The molecule has 1 atom stereocenters. The summed E-state index contributed by atoms with van der Waals surface area (Å²) in [6.07, 6.45) is -0.909. The number of esters is 1. The lowest BCUT2D eigenvalue weighted by molar-refractivity contribution is -0.155. The Kier molecular flexibility index (Phi) is 6.78. The van der Waals surface area contributed by atoms with Gasteiger partial charge >= 0.3 is 5.97 Å². The van der Waals surface area contributed by atoms with Crippen molar-refractivity contribution < 1.29 is 19.1 Å². The number of nitrogens with one attached hydrogen (secondary N) is 1. The molecule has 0 unspecified atom stereocenters. The topological polar surface area (TPSA) is 64.6 Å². The van der Waals surface area contributed by atoms with E-state index in [2.05, 4.69) is 19.2 Å². The summed E-state index contributed by atoms with van der Waals surface area (Å²) in [5.74, 6) is -0.0439. The molecule has 0 heterocycles. The number of benzene rings is 2. The van der Waals surface area contributed by atoms with Gasteiger partial charge in [-0.2, -0.15) is 0 Å². The number of hydrogen-bond acceptors (Lipinski definition) is 4. The van der Waals surface area contributed by atoms with Crippen LogP contribution in [0, 0.1) is 6.92 Å². The van der Waals surface area contributed by atoms with Crippen molar-refractivity contribution in [3.8, 4) is 5.75 Å². The fourth-order valence-corrected chi connectivity index (χ4v) is 2.39. The molecule has 0 aliphatic carbocycles. The molecule has 1 amide bonds. The van der Waals surface area contributed by atoms with E-state index < -0.39 is 12.1 Å². The third-order valence-electron chi connectivity index (χ3n) is 3.88. The molecular weight excluding hydrogens is 330 g/mol. The van der Waals surface area contributed by atoms with Crippen LogP contribution in [0.4, 0.5) is 5.69 Å². The van der Waals surface area contributed by atoms with Gasteiger partial charge in [-0.15, -0.1) is 0 Å². The van der Waals surface area contributed by atoms with Gasteiger partial charge in [0.1, 0.15) is 5.75 Å². The summed E-state index contributed by atoms with van der Waals surface area (Å²) in [6, 6.07) is 14.9. The normalized spacial score (nSPS) is 11.7. The molecular formula is C21H25NO4. The van der Waals surface area contributed by atoms with Gasteiger partial charge in [0.15, 0.2) is 12.7 Å². The molecule has 2 rings (SSSR count). The Balaban J connectivity index is 1.85. The van der Waals surface area contributed by atoms with E-state index in [1.807, 2.05) is 43.3 Å². The van der Waals surface area contributed by atoms with Crippen LogP contribution in [0.25, 0.3) is 0 Å². The van der Waals surface area contributed by atoms with Gasteiger partial charge in [0.05, 0.1) is 0 Å². The van der Waals surface area contributed by atoms with Crippen molar-refractivity contribution in [3.63, 3.8) is 0 Å². The molecule has 26 heavy (non-hydrogen) atoms. The van der Waals surface area contributed by atoms with Crippen LogP contribution in [-0.2, 0) is 14.3 Å². The first-order chi connectivity index (χ1) is 12.4. The van der Waals surface area contributed by atoms with Crippen LogP contribution in [0.15, 0.2) is 48.5 Å². The third kappa shape index (κ3) is 5.62. The number of anilines is 1. The zero-order valence-corrected chi connectivity index (χ0v) is 15.6. The summed E-state index contributed by atoms with van der Waals surface area (Å²) in [5.41, 5.74) is 2.78. The second-order valence-electron chi connectivity index (χ2n) is 6.47. The van der Waals surface area contributed by atoms with Crippen molar-refractivity contribution in [2.75, 3.05) is 11.9 Å². The predicted octanol–water partition coefficient (Wildman–Crippen LogP) is 4.07. The van der Waals surface area contributed by atoms with E-state index in [-0.39, 0.29) is 18.4 Å². The standard InChI is InChI=1S/C21H25NO4/c1-14(2)18-7-5-6-8-19(18)25-13-20(23)26-16(4)21(24)22-17-11-9-15(3)10-12-17/h5-12,14,16H,13H2,1-4H3,(H,22,24)/t16-/m1/s1. The monoisotopic (exact) mass is 355 g/mol. The number of hydrogen-bond donors (Lipinski definition) is 1. The van der Waals surface area contributed by atoms with Gasteiger partial charge in [-0.25, -0.2) is 4.79 Å². The molecule has 5 heteroatoms. The Morgan fingerprint density at radius 1 is 1.00 bits per heavy atom. The minimum Gasteiger partial charge on any atom is -0.482 e. The molecule has 0 bridgehead atoms. The quantitative estimate of drug-likeness (QED) is 0.761. The summed E-state index contributed by atoms with van der Waals surface area (Å²) in [5, 5.41) is 2.72. The van der Waals surface area contributed by atoms with Crippen LogP contribution in [-0.4, -0.2) is 24.6 Å². The van der Waals surface area contributed by atoms with Crippen molar-refractivity contribution >= 4 is 17.6 Å². The molecule has 0 radical (unpaired) electrons. The fraction of sp³-hybridized carbons (Fsp3) is 0.333. The third-order valence-corrected chi connectivity index (χ3v) is 3.88. The molecule has 0 aliphatic rings. The first kappa shape index (κ1) is 19.5. The van der Waals surface area contributed by atoms with Crippen molar-refractivity contribution in [2.45, 2.75) is 39.7 Å². The zero-order valence-electron chi connectivity index (χ0n) is 15.6. The molecule has 0 fully saturated rings. The molecule has 138 valence electrons. The smallest absolute Gasteiger partial charge is 0.344 e. The predicted molar refractivity (Wildman–Crippen MR) is 101 cm³/mol. The molecule has 0 aromatic heterocycles. The van der Waals surface area contributed by atoms with Crippen LogP contribution < -0.4 is 10.1 Å². The molecule has 5 nitrogen and oxygen atoms in total. The highest BCUT2D eigenvalue weighted by molar-refractivity contribution is 5.95. The van der Waals surface area contributed by atoms with Gasteiger partial charge in [0.2, 0.25) is 0 Å². The molecule has 2 aromatic carbocycles. The van der Waals surface area contributed by atoms with Gasteiger partial charge in [0.25, 0.3) is 5.91 Å². The number of amides is 1.